The van der Waals surface area contributed by atoms with Crippen molar-refractivity contribution in [2.24, 2.45) is 0 Å². The molecule has 0 fully saturated rings. The van der Waals surface area contributed by atoms with Crippen molar-refractivity contribution in [2.75, 3.05) is 5.52 Å². The SMILES string of the molecule is BrCOc1ccc(Cc2ccccc2)cc1. The monoisotopic (exact) mass is 276 g/mol. The summed E-state index contributed by atoms with van der Waals surface area (Å²) in [6.45, 7) is 0. The van der Waals surface area contributed by atoms with Crippen molar-refractivity contribution in [1.82, 2.24) is 0 Å². The first-order valence-electron chi connectivity index (χ1n) is 5.20. The predicted octanol–water partition coefficient (Wildman–Crippen LogP) is 4.01. The van der Waals surface area contributed by atoms with E-state index < -0.39 is 0 Å². The Labute approximate surface area is 104 Å². The minimum Gasteiger partial charge on any atom is -0.482 e. The molecular formula is C14H13BrO. The first-order valence-corrected chi connectivity index (χ1v) is 6.32. The van der Waals surface area contributed by atoms with Crippen molar-refractivity contribution in [2.45, 2.75) is 6.42 Å². The number of rotatable bonds is 4. The molecule has 0 aliphatic carbocycles. The van der Waals surface area contributed by atoms with Crippen molar-refractivity contribution in [3.05, 3.63) is 65.7 Å². The Morgan fingerprint density at radius 1 is 0.812 bits per heavy atom. The highest BCUT2D eigenvalue weighted by molar-refractivity contribution is 9.09. The van der Waals surface area contributed by atoms with Crippen molar-refractivity contribution < 1.29 is 4.74 Å². The van der Waals surface area contributed by atoms with Gasteiger partial charge in [0.05, 0.1) is 0 Å². The molecule has 0 aliphatic heterocycles. The number of hydrogen-bond donors (Lipinski definition) is 0. The van der Waals surface area contributed by atoms with E-state index in [4.69, 9.17) is 4.74 Å². The van der Waals surface area contributed by atoms with E-state index in [-0.39, 0.29) is 0 Å². The fourth-order valence-electron chi connectivity index (χ4n) is 1.60. The van der Waals surface area contributed by atoms with Crippen molar-refractivity contribution in [1.29, 1.82) is 0 Å². The second kappa shape index (κ2) is 5.71. The molecule has 0 amide bonds. The lowest BCUT2D eigenvalue weighted by Crippen LogP contribution is -1.90. The van der Waals surface area contributed by atoms with Gasteiger partial charge in [0, 0.05) is 0 Å². The van der Waals surface area contributed by atoms with Crippen LogP contribution in [0.25, 0.3) is 0 Å². The standard InChI is InChI=1S/C14H13BrO/c15-11-16-14-8-6-13(7-9-14)10-12-4-2-1-3-5-12/h1-9H,10-11H2. The highest BCUT2D eigenvalue weighted by Gasteiger charge is 1.96. The van der Waals surface area contributed by atoms with E-state index in [1.54, 1.807) is 0 Å². The molecule has 2 aromatic rings. The fraction of sp³-hybridized carbons (Fsp3) is 0.143. The quantitative estimate of drug-likeness (QED) is 0.767. The summed E-state index contributed by atoms with van der Waals surface area (Å²) in [5.74, 6) is 0.897. The molecule has 0 spiro atoms. The Bertz CT molecular complexity index is 422. The minimum absolute atomic E-state index is 0.533. The van der Waals surface area contributed by atoms with Crippen LogP contribution in [-0.4, -0.2) is 5.52 Å². The van der Waals surface area contributed by atoms with Gasteiger partial charge in [-0.05, 0) is 45.6 Å². The van der Waals surface area contributed by atoms with Crippen molar-refractivity contribution in [3.8, 4) is 5.75 Å². The number of ether oxygens (including phenoxy) is 1. The maximum Gasteiger partial charge on any atom is 0.143 e. The Hall–Kier alpha value is -1.28. The van der Waals surface area contributed by atoms with Gasteiger partial charge in [-0.2, -0.15) is 0 Å². The Kier molecular flexibility index (Phi) is 4.00. The van der Waals surface area contributed by atoms with Crippen LogP contribution in [0.2, 0.25) is 0 Å². The third kappa shape index (κ3) is 3.11. The van der Waals surface area contributed by atoms with Gasteiger partial charge in [0.2, 0.25) is 0 Å². The zero-order valence-corrected chi connectivity index (χ0v) is 10.5. The summed E-state index contributed by atoms with van der Waals surface area (Å²) in [6.07, 6.45) is 0.968. The molecule has 16 heavy (non-hydrogen) atoms. The Balaban J connectivity index is 2.05. The first kappa shape index (κ1) is 11.2. The fourth-order valence-corrected chi connectivity index (χ4v) is 1.86. The highest BCUT2D eigenvalue weighted by Crippen LogP contribution is 2.15. The molecule has 0 radical (unpaired) electrons. The summed E-state index contributed by atoms with van der Waals surface area (Å²) in [5, 5.41) is 0. The summed E-state index contributed by atoms with van der Waals surface area (Å²) in [7, 11) is 0. The van der Waals surface area contributed by atoms with Gasteiger partial charge in [-0.3, -0.25) is 0 Å². The normalized spacial score (nSPS) is 10.1. The van der Waals surface area contributed by atoms with Gasteiger partial charge in [0.15, 0.2) is 0 Å². The zero-order chi connectivity index (χ0) is 11.2. The zero-order valence-electron chi connectivity index (χ0n) is 8.90. The van der Waals surface area contributed by atoms with Gasteiger partial charge >= 0.3 is 0 Å². The summed E-state index contributed by atoms with van der Waals surface area (Å²) in [4.78, 5) is 0. The van der Waals surface area contributed by atoms with E-state index in [1.165, 1.54) is 11.1 Å². The third-order valence-electron chi connectivity index (χ3n) is 2.40. The van der Waals surface area contributed by atoms with Crippen LogP contribution < -0.4 is 4.74 Å². The van der Waals surface area contributed by atoms with E-state index in [1.807, 2.05) is 18.2 Å². The summed E-state index contributed by atoms with van der Waals surface area (Å²) < 4.78 is 5.33. The van der Waals surface area contributed by atoms with Gasteiger partial charge in [0.25, 0.3) is 0 Å². The number of benzene rings is 2. The molecular weight excluding hydrogens is 264 g/mol. The van der Waals surface area contributed by atoms with Crippen LogP contribution in [0, 0.1) is 0 Å². The molecule has 0 atom stereocenters. The molecule has 0 aromatic heterocycles. The van der Waals surface area contributed by atoms with Crippen molar-refractivity contribution >= 4 is 15.9 Å². The van der Waals surface area contributed by atoms with Crippen LogP contribution in [0.4, 0.5) is 0 Å². The van der Waals surface area contributed by atoms with Gasteiger partial charge in [0.1, 0.15) is 11.3 Å². The second-order valence-corrected chi connectivity index (χ2v) is 4.02. The predicted molar refractivity (Wildman–Crippen MR) is 70.1 cm³/mol. The van der Waals surface area contributed by atoms with Crippen LogP contribution in [0.1, 0.15) is 11.1 Å². The molecule has 82 valence electrons. The topological polar surface area (TPSA) is 9.23 Å². The average Bonchev–Trinajstić information content (AvgIpc) is 2.33. The molecule has 0 unspecified atom stereocenters. The number of halogens is 1. The number of alkyl halides is 1. The molecule has 0 N–H and O–H groups in total. The van der Waals surface area contributed by atoms with Gasteiger partial charge in [-0.1, -0.05) is 42.5 Å². The van der Waals surface area contributed by atoms with Crippen LogP contribution in [0.15, 0.2) is 54.6 Å². The lowest BCUT2D eigenvalue weighted by molar-refractivity contribution is 0.398. The maximum absolute atomic E-state index is 5.33. The average molecular weight is 277 g/mol. The van der Waals surface area contributed by atoms with E-state index in [0.717, 1.165) is 12.2 Å². The van der Waals surface area contributed by atoms with Crippen LogP contribution in [0.5, 0.6) is 5.75 Å². The maximum atomic E-state index is 5.33. The van der Waals surface area contributed by atoms with Crippen molar-refractivity contribution in [3.63, 3.8) is 0 Å². The summed E-state index contributed by atoms with van der Waals surface area (Å²) >= 11 is 3.24. The Morgan fingerprint density at radius 2 is 1.44 bits per heavy atom. The Morgan fingerprint density at radius 3 is 2.06 bits per heavy atom. The second-order valence-electron chi connectivity index (χ2n) is 3.56. The van der Waals surface area contributed by atoms with Crippen LogP contribution in [0.3, 0.4) is 0 Å². The van der Waals surface area contributed by atoms with E-state index in [9.17, 15) is 0 Å². The molecule has 0 saturated heterocycles. The van der Waals surface area contributed by atoms with Crippen LogP contribution >= 0.6 is 15.9 Å². The molecule has 0 saturated carbocycles. The third-order valence-corrected chi connectivity index (χ3v) is 2.62. The van der Waals surface area contributed by atoms with E-state index in [0.29, 0.717) is 5.52 Å². The molecule has 0 aliphatic rings. The molecule has 1 nitrogen and oxygen atoms in total. The van der Waals surface area contributed by atoms with Crippen LogP contribution in [-0.2, 0) is 6.42 Å². The molecule has 0 bridgehead atoms. The minimum atomic E-state index is 0.533. The van der Waals surface area contributed by atoms with Gasteiger partial charge in [-0.25, -0.2) is 0 Å². The molecule has 2 rings (SSSR count). The molecule has 0 heterocycles. The number of hydrogen-bond acceptors (Lipinski definition) is 1. The lowest BCUT2D eigenvalue weighted by atomic mass is 10.1. The van der Waals surface area contributed by atoms with Gasteiger partial charge < -0.3 is 4.74 Å². The molecule has 2 aromatic carbocycles. The smallest absolute Gasteiger partial charge is 0.143 e. The largest absolute Gasteiger partial charge is 0.482 e. The van der Waals surface area contributed by atoms with Gasteiger partial charge in [-0.15, -0.1) is 0 Å². The summed E-state index contributed by atoms with van der Waals surface area (Å²) in [5.41, 5.74) is 3.16. The van der Waals surface area contributed by atoms with E-state index in [2.05, 4.69) is 52.3 Å². The lowest BCUT2D eigenvalue weighted by Gasteiger charge is -2.04. The summed E-state index contributed by atoms with van der Waals surface area (Å²) in [6, 6.07) is 18.7. The molecule has 2 heteroatoms. The first-order chi connectivity index (χ1) is 7.88. The van der Waals surface area contributed by atoms with E-state index >= 15 is 0 Å². The highest BCUT2D eigenvalue weighted by atomic mass is 79.9.